The van der Waals surface area contributed by atoms with Crippen LogP contribution >= 0.6 is 0 Å². The van der Waals surface area contributed by atoms with Crippen molar-refractivity contribution in [3.63, 3.8) is 0 Å². The van der Waals surface area contributed by atoms with Crippen molar-refractivity contribution in [2.45, 2.75) is 12.5 Å². The van der Waals surface area contributed by atoms with E-state index in [1.165, 1.54) is 5.70 Å². The molecule has 11 heavy (non-hydrogen) atoms. The van der Waals surface area contributed by atoms with E-state index in [9.17, 15) is 0 Å². The molecule has 60 valence electrons. The Morgan fingerprint density at radius 2 is 2.45 bits per heavy atom. The third-order valence-corrected chi connectivity index (χ3v) is 2.62. The average molecular weight is 150 g/mol. The van der Waals surface area contributed by atoms with Crippen LogP contribution in [0.5, 0.6) is 0 Å². The Labute approximate surface area is 67.4 Å². The molecule has 1 saturated heterocycles. The lowest BCUT2D eigenvalue weighted by Gasteiger charge is -2.18. The molecule has 0 aromatic rings. The van der Waals surface area contributed by atoms with E-state index in [1.54, 1.807) is 0 Å². The number of hydrogen-bond donors (Lipinski definition) is 1. The summed E-state index contributed by atoms with van der Waals surface area (Å²) in [4.78, 5) is 2.26. The Hall–Kier alpha value is -0.760. The van der Waals surface area contributed by atoms with E-state index < -0.39 is 0 Å². The normalized spacial score (nSPS) is 35.5. The van der Waals surface area contributed by atoms with Crippen LogP contribution in [0.2, 0.25) is 0 Å². The summed E-state index contributed by atoms with van der Waals surface area (Å²) in [5.41, 5.74) is 7.38. The molecule has 0 spiro atoms. The van der Waals surface area contributed by atoms with Gasteiger partial charge in [0.2, 0.25) is 0 Å². The van der Waals surface area contributed by atoms with Gasteiger partial charge in [-0.2, -0.15) is 0 Å². The molecule has 2 unspecified atom stereocenters. The van der Waals surface area contributed by atoms with Crippen LogP contribution in [0.25, 0.3) is 0 Å². The van der Waals surface area contributed by atoms with Crippen LogP contribution in [0.15, 0.2) is 23.9 Å². The van der Waals surface area contributed by atoms with Crippen molar-refractivity contribution >= 4 is 0 Å². The molecule has 2 heteroatoms. The molecule has 0 amide bonds. The van der Waals surface area contributed by atoms with Gasteiger partial charge in [0.15, 0.2) is 0 Å². The molecule has 2 rings (SSSR count). The number of likely N-dealkylation sites (N-methyl/N-ethyl adjacent to an activating group) is 1. The second kappa shape index (κ2) is 2.38. The summed E-state index contributed by atoms with van der Waals surface area (Å²) < 4.78 is 0. The van der Waals surface area contributed by atoms with Gasteiger partial charge in [-0.1, -0.05) is 12.2 Å². The van der Waals surface area contributed by atoms with E-state index in [0.29, 0.717) is 12.0 Å². The molecular weight excluding hydrogens is 136 g/mol. The molecule has 1 aliphatic carbocycles. The molecule has 2 atom stereocenters. The molecule has 1 aliphatic heterocycles. The van der Waals surface area contributed by atoms with Gasteiger partial charge in [-0.15, -0.1) is 0 Å². The van der Waals surface area contributed by atoms with Gasteiger partial charge in [0.25, 0.3) is 0 Å². The smallest absolute Gasteiger partial charge is 0.0330 e. The standard InChI is InChI=1S/C9H14N2/c1-11-6-8(10)7-4-2-3-5-9(7)11/h2-3,5,7-8H,4,6,10H2,1H3. The van der Waals surface area contributed by atoms with Crippen LogP contribution in [0.1, 0.15) is 6.42 Å². The highest BCUT2D eigenvalue weighted by molar-refractivity contribution is 5.25. The zero-order valence-electron chi connectivity index (χ0n) is 6.83. The minimum Gasteiger partial charge on any atom is -0.376 e. The van der Waals surface area contributed by atoms with Gasteiger partial charge in [-0.05, 0) is 12.5 Å². The Kier molecular flexibility index (Phi) is 1.50. The molecule has 0 saturated carbocycles. The summed E-state index contributed by atoms with van der Waals surface area (Å²) in [6.45, 7) is 1.01. The van der Waals surface area contributed by atoms with E-state index in [1.807, 2.05) is 0 Å². The minimum atomic E-state index is 0.344. The summed E-state index contributed by atoms with van der Waals surface area (Å²) in [6, 6.07) is 0.344. The average Bonchev–Trinajstić information content (AvgIpc) is 2.30. The van der Waals surface area contributed by atoms with Gasteiger partial charge in [-0.3, -0.25) is 0 Å². The van der Waals surface area contributed by atoms with Gasteiger partial charge >= 0.3 is 0 Å². The Bertz CT molecular complexity index is 218. The lowest BCUT2D eigenvalue weighted by atomic mass is 9.94. The highest BCUT2D eigenvalue weighted by Gasteiger charge is 2.32. The summed E-state index contributed by atoms with van der Waals surface area (Å²) in [5, 5.41) is 0. The van der Waals surface area contributed by atoms with E-state index in [0.717, 1.165) is 13.0 Å². The van der Waals surface area contributed by atoms with Crippen molar-refractivity contribution in [3.05, 3.63) is 23.9 Å². The van der Waals surface area contributed by atoms with Crippen molar-refractivity contribution in [3.8, 4) is 0 Å². The first-order valence-electron chi connectivity index (χ1n) is 4.12. The molecule has 1 heterocycles. The number of rotatable bonds is 0. The van der Waals surface area contributed by atoms with Crippen molar-refractivity contribution < 1.29 is 0 Å². The van der Waals surface area contributed by atoms with Gasteiger partial charge in [0.1, 0.15) is 0 Å². The summed E-state index contributed by atoms with van der Waals surface area (Å²) in [7, 11) is 2.12. The lowest BCUT2D eigenvalue weighted by Crippen LogP contribution is -2.28. The maximum absolute atomic E-state index is 5.96. The van der Waals surface area contributed by atoms with Crippen LogP contribution in [0.3, 0.4) is 0 Å². The molecule has 0 aromatic carbocycles. The minimum absolute atomic E-state index is 0.344. The van der Waals surface area contributed by atoms with Crippen LogP contribution in [0, 0.1) is 5.92 Å². The third kappa shape index (κ3) is 0.979. The maximum Gasteiger partial charge on any atom is 0.0330 e. The fourth-order valence-corrected chi connectivity index (χ4v) is 1.99. The summed E-state index contributed by atoms with van der Waals surface area (Å²) in [6.07, 6.45) is 7.63. The number of nitrogens with zero attached hydrogens (tertiary/aromatic N) is 1. The molecule has 2 nitrogen and oxygen atoms in total. The number of allylic oxidation sites excluding steroid dienone is 3. The topological polar surface area (TPSA) is 29.3 Å². The van der Waals surface area contributed by atoms with Gasteiger partial charge < -0.3 is 10.6 Å². The molecule has 0 radical (unpaired) electrons. The van der Waals surface area contributed by atoms with E-state index in [-0.39, 0.29) is 0 Å². The largest absolute Gasteiger partial charge is 0.376 e. The molecule has 0 bridgehead atoms. The number of likely N-dealkylation sites (tertiary alicyclic amines) is 1. The zero-order chi connectivity index (χ0) is 7.84. The summed E-state index contributed by atoms with van der Waals surface area (Å²) >= 11 is 0. The predicted octanol–water partition coefficient (Wildman–Crippen LogP) is 0.719. The SMILES string of the molecule is CN1CC(N)C2CC=CC=C21. The number of fused-ring (bicyclic) bond motifs is 1. The lowest BCUT2D eigenvalue weighted by molar-refractivity contribution is 0.466. The second-order valence-corrected chi connectivity index (χ2v) is 3.41. The first-order chi connectivity index (χ1) is 5.29. The first kappa shape index (κ1) is 6.92. The predicted molar refractivity (Wildman–Crippen MR) is 45.9 cm³/mol. The monoisotopic (exact) mass is 150 g/mol. The van der Waals surface area contributed by atoms with Crippen LogP contribution in [-0.4, -0.2) is 24.5 Å². The van der Waals surface area contributed by atoms with E-state index in [2.05, 4.69) is 30.2 Å². The first-order valence-corrected chi connectivity index (χ1v) is 4.12. The van der Waals surface area contributed by atoms with E-state index >= 15 is 0 Å². The molecule has 2 N–H and O–H groups in total. The van der Waals surface area contributed by atoms with Gasteiger partial charge in [0, 0.05) is 31.2 Å². The highest BCUT2D eigenvalue weighted by atomic mass is 15.2. The molecular formula is C9H14N2. The highest BCUT2D eigenvalue weighted by Crippen LogP contribution is 2.31. The van der Waals surface area contributed by atoms with Gasteiger partial charge in [0.05, 0.1) is 0 Å². The molecule has 0 aromatic heterocycles. The van der Waals surface area contributed by atoms with Crippen molar-refractivity contribution in [2.24, 2.45) is 11.7 Å². The third-order valence-electron chi connectivity index (χ3n) is 2.62. The fourth-order valence-electron chi connectivity index (χ4n) is 1.99. The second-order valence-electron chi connectivity index (χ2n) is 3.41. The van der Waals surface area contributed by atoms with Crippen molar-refractivity contribution in [2.75, 3.05) is 13.6 Å². The fraction of sp³-hybridized carbons (Fsp3) is 0.556. The van der Waals surface area contributed by atoms with E-state index in [4.69, 9.17) is 5.73 Å². The van der Waals surface area contributed by atoms with Crippen LogP contribution in [-0.2, 0) is 0 Å². The van der Waals surface area contributed by atoms with Crippen LogP contribution in [0.4, 0.5) is 0 Å². The Morgan fingerprint density at radius 3 is 3.18 bits per heavy atom. The Morgan fingerprint density at radius 1 is 1.64 bits per heavy atom. The number of hydrogen-bond acceptors (Lipinski definition) is 2. The number of nitrogens with two attached hydrogens (primary N) is 1. The molecule has 1 fully saturated rings. The zero-order valence-corrected chi connectivity index (χ0v) is 6.83. The van der Waals surface area contributed by atoms with Gasteiger partial charge in [-0.25, -0.2) is 0 Å². The summed E-state index contributed by atoms with van der Waals surface area (Å²) in [5.74, 6) is 0.588. The quantitative estimate of drug-likeness (QED) is 0.551. The Balaban J connectivity index is 2.27. The van der Waals surface area contributed by atoms with Crippen molar-refractivity contribution in [1.29, 1.82) is 0 Å². The van der Waals surface area contributed by atoms with Crippen LogP contribution < -0.4 is 5.73 Å². The maximum atomic E-state index is 5.96. The van der Waals surface area contributed by atoms with Crippen molar-refractivity contribution in [1.82, 2.24) is 4.90 Å². The molecule has 2 aliphatic rings.